The van der Waals surface area contributed by atoms with Crippen molar-refractivity contribution in [3.63, 3.8) is 0 Å². The van der Waals surface area contributed by atoms with Gasteiger partial charge in [-0.1, -0.05) is 29.3 Å². The first-order valence-electron chi connectivity index (χ1n) is 5.88. The fourth-order valence-electron chi connectivity index (χ4n) is 1.81. The van der Waals surface area contributed by atoms with E-state index < -0.39 is 5.97 Å². The Morgan fingerprint density at radius 1 is 1.25 bits per heavy atom. The third kappa shape index (κ3) is 3.24. The first kappa shape index (κ1) is 14.7. The minimum atomic E-state index is -0.978. The Hall–Kier alpha value is -1.71. The van der Waals surface area contributed by atoms with Gasteiger partial charge in [0.1, 0.15) is 12.4 Å². The van der Waals surface area contributed by atoms with Crippen molar-refractivity contribution in [3.05, 3.63) is 63.1 Å². The van der Waals surface area contributed by atoms with E-state index in [2.05, 4.69) is 0 Å². The highest BCUT2D eigenvalue weighted by Gasteiger charge is 2.11. The maximum Gasteiger partial charge on any atom is 0.336 e. The predicted molar refractivity (Wildman–Crippen MR) is 78.9 cm³/mol. The molecule has 0 aliphatic rings. The molecule has 0 amide bonds. The van der Waals surface area contributed by atoms with E-state index in [4.69, 9.17) is 33.0 Å². The molecule has 0 saturated carbocycles. The normalized spacial score (nSPS) is 10.3. The molecular formula is C15H12Cl2O3. The second kappa shape index (κ2) is 6.16. The molecular weight excluding hydrogens is 299 g/mol. The summed E-state index contributed by atoms with van der Waals surface area (Å²) in [5, 5.41) is 10.2. The molecule has 0 fully saturated rings. The Bertz CT molecular complexity index is 654. The number of rotatable bonds is 4. The molecule has 0 spiro atoms. The van der Waals surface area contributed by atoms with Gasteiger partial charge in [0.2, 0.25) is 0 Å². The van der Waals surface area contributed by atoms with Gasteiger partial charge in [0, 0.05) is 21.2 Å². The maximum atomic E-state index is 11.1. The summed E-state index contributed by atoms with van der Waals surface area (Å²) in [5.74, 6) is -0.463. The summed E-state index contributed by atoms with van der Waals surface area (Å²) < 4.78 is 5.64. The molecule has 2 aromatic carbocycles. The number of carbonyl (C=O) groups is 1. The lowest BCUT2D eigenvalue weighted by Gasteiger charge is -2.12. The molecule has 0 aromatic heterocycles. The number of hydrogen-bond donors (Lipinski definition) is 1. The summed E-state index contributed by atoms with van der Waals surface area (Å²) >= 11 is 12.0. The lowest BCUT2D eigenvalue weighted by molar-refractivity contribution is 0.0695. The zero-order chi connectivity index (χ0) is 14.7. The van der Waals surface area contributed by atoms with Crippen molar-refractivity contribution in [3.8, 4) is 5.75 Å². The van der Waals surface area contributed by atoms with Crippen LogP contribution in [0.5, 0.6) is 5.75 Å². The average molecular weight is 311 g/mol. The van der Waals surface area contributed by atoms with Gasteiger partial charge in [0.25, 0.3) is 0 Å². The maximum absolute atomic E-state index is 11.1. The van der Waals surface area contributed by atoms with Crippen molar-refractivity contribution in [1.29, 1.82) is 0 Å². The smallest absolute Gasteiger partial charge is 0.336 e. The third-order valence-corrected chi connectivity index (χ3v) is 3.51. The summed E-state index contributed by atoms with van der Waals surface area (Å²) in [7, 11) is 0. The van der Waals surface area contributed by atoms with Gasteiger partial charge in [-0.25, -0.2) is 4.79 Å². The number of hydrogen-bond acceptors (Lipinski definition) is 2. The molecule has 0 atom stereocenters. The van der Waals surface area contributed by atoms with Crippen molar-refractivity contribution in [2.24, 2.45) is 0 Å². The molecule has 0 unspecified atom stereocenters. The van der Waals surface area contributed by atoms with Crippen LogP contribution in [0.15, 0.2) is 36.4 Å². The Morgan fingerprint density at radius 2 is 2.00 bits per heavy atom. The lowest BCUT2D eigenvalue weighted by atomic mass is 10.1. The van der Waals surface area contributed by atoms with Crippen molar-refractivity contribution in [1.82, 2.24) is 0 Å². The van der Waals surface area contributed by atoms with Crippen LogP contribution < -0.4 is 4.74 Å². The first-order chi connectivity index (χ1) is 9.49. The van der Waals surface area contributed by atoms with Gasteiger partial charge in [0.15, 0.2) is 0 Å². The van der Waals surface area contributed by atoms with E-state index in [0.717, 1.165) is 5.56 Å². The molecule has 5 heteroatoms. The fraction of sp³-hybridized carbons (Fsp3) is 0.133. The lowest BCUT2D eigenvalue weighted by Crippen LogP contribution is -2.03. The van der Waals surface area contributed by atoms with E-state index >= 15 is 0 Å². The molecule has 1 N–H and O–H groups in total. The van der Waals surface area contributed by atoms with Gasteiger partial charge in [-0.3, -0.25) is 0 Å². The van der Waals surface area contributed by atoms with Crippen molar-refractivity contribution < 1.29 is 14.6 Å². The topological polar surface area (TPSA) is 46.5 Å². The highest BCUT2D eigenvalue weighted by atomic mass is 35.5. The number of carboxylic acid groups (broad SMARTS) is 1. The quantitative estimate of drug-likeness (QED) is 0.899. The number of aromatic carboxylic acids is 1. The van der Waals surface area contributed by atoms with E-state index in [1.807, 2.05) is 0 Å². The van der Waals surface area contributed by atoms with Crippen molar-refractivity contribution >= 4 is 29.2 Å². The Balaban J connectivity index is 2.21. The van der Waals surface area contributed by atoms with Crippen LogP contribution in [0.1, 0.15) is 21.5 Å². The summed E-state index contributed by atoms with van der Waals surface area (Å²) in [5.41, 5.74) is 1.55. The molecule has 3 nitrogen and oxygen atoms in total. The highest BCUT2D eigenvalue weighted by Crippen LogP contribution is 2.25. The van der Waals surface area contributed by atoms with Gasteiger partial charge in [-0.15, -0.1) is 0 Å². The van der Waals surface area contributed by atoms with Gasteiger partial charge in [-0.2, -0.15) is 0 Å². The molecule has 0 bridgehead atoms. The average Bonchev–Trinajstić information content (AvgIpc) is 2.41. The number of carboxylic acids is 1. The van der Waals surface area contributed by atoms with Gasteiger partial charge in [0.05, 0.1) is 5.56 Å². The molecule has 20 heavy (non-hydrogen) atoms. The Kier molecular flexibility index (Phi) is 4.53. The van der Waals surface area contributed by atoms with E-state index in [0.29, 0.717) is 21.4 Å². The predicted octanol–water partition coefficient (Wildman–Crippen LogP) is 4.58. The Labute approximate surface area is 126 Å². The standard InChI is InChI=1S/C15H12Cl2O3/c1-9-12(15(18)19)3-2-4-14(9)20-8-10-7-11(16)5-6-13(10)17/h2-7H,8H2,1H3,(H,18,19). The summed E-state index contributed by atoms with van der Waals surface area (Å²) in [6.45, 7) is 1.93. The van der Waals surface area contributed by atoms with Crippen LogP contribution in [0, 0.1) is 6.92 Å². The number of benzene rings is 2. The zero-order valence-corrected chi connectivity index (χ0v) is 12.2. The number of ether oxygens (including phenoxy) is 1. The molecule has 0 saturated heterocycles. The highest BCUT2D eigenvalue weighted by molar-refractivity contribution is 6.33. The summed E-state index contributed by atoms with van der Waals surface area (Å²) in [6.07, 6.45) is 0. The van der Waals surface area contributed by atoms with Crippen molar-refractivity contribution in [2.45, 2.75) is 13.5 Å². The minimum Gasteiger partial charge on any atom is -0.489 e. The van der Waals surface area contributed by atoms with Gasteiger partial charge >= 0.3 is 5.97 Å². The molecule has 104 valence electrons. The second-order valence-corrected chi connectivity index (χ2v) is 5.10. The molecule has 0 heterocycles. The summed E-state index contributed by atoms with van der Waals surface area (Å²) in [6, 6.07) is 10.0. The van der Waals surface area contributed by atoms with Crippen LogP contribution in [0.2, 0.25) is 10.0 Å². The SMILES string of the molecule is Cc1c(OCc2cc(Cl)ccc2Cl)cccc1C(=O)O. The molecule has 2 rings (SSSR count). The molecule has 0 radical (unpaired) electrons. The van der Waals surface area contributed by atoms with E-state index in [1.54, 1.807) is 37.3 Å². The molecule has 0 aliphatic carbocycles. The van der Waals surface area contributed by atoms with E-state index in [-0.39, 0.29) is 12.2 Å². The van der Waals surface area contributed by atoms with Crippen LogP contribution in [-0.2, 0) is 6.61 Å². The minimum absolute atomic E-state index is 0.222. The van der Waals surface area contributed by atoms with E-state index in [9.17, 15) is 4.79 Å². The fourth-order valence-corrected chi connectivity index (χ4v) is 2.18. The third-order valence-electron chi connectivity index (χ3n) is 2.91. The monoisotopic (exact) mass is 310 g/mol. The largest absolute Gasteiger partial charge is 0.489 e. The van der Waals surface area contributed by atoms with E-state index in [1.165, 1.54) is 6.07 Å². The van der Waals surface area contributed by atoms with Crippen molar-refractivity contribution in [2.75, 3.05) is 0 Å². The van der Waals surface area contributed by atoms with Crippen LogP contribution in [0.3, 0.4) is 0 Å². The summed E-state index contributed by atoms with van der Waals surface area (Å²) in [4.78, 5) is 11.1. The molecule has 2 aromatic rings. The van der Waals surface area contributed by atoms with Crippen LogP contribution in [0.25, 0.3) is 0 Å². The molecule has 0 aliphatic heterocycles. The number of halogens is 2. The van der Waals surface area contributed by atoms with Crippen LogP contribution in [0.4, 0.5) is 0 Å². The van der Waals surface area contributed by atoms with Gasteiger partial charge in [-0.05, 0) is 37.3 Å². The zero-order valence-electron chi connectivity index (χ0n) is 10.7. The Morgan fingerprint density at radius 3 is 2.70 bits per heavy atom. The van der Waals surface area contributed by atoms with Crippen LogP contribution in [-0.4, -0.2) is 11.1 Å². The second-order valence-electron chi connectivity index (χ2n) is 4.26. The first-order valence-corrected chi connectivity index (χ1v) is 6.64. The van der Waals surface area contributed by atoms with Gasteiger partial charge < -0.3 is 9.84 Å². The van der Waals surface area contributed by atoms with Crippen LogP contribution >= 0.6 is 23.2 Å².